The molecule has 0 amide bonds. The third kappa shape index (κ3) is 9.42. The fourth-order valence-electron chi connectivity index (χ4n) is 2.82. The van der Waals surface area contributed by atoms with E-state index in [9.17, 15) is 0 Å². The first kappa shape index (κ1) is 16.9. The molecule has 19 heavy (non-hydrogen) atoms. The Balaban J connectivity index is 1.76. The molecule has 1 aliphatic carbocycles. The van der Waals surface area contributed by atoms with Crippen molar-refractivity contribution in [1.29, 1.82) is 0 Å². The van der Waals surface area contributed by atoms with Gasteiger partial charge < -0.3 is 16.4 Å². The van der Waals surface area contributed by atoms with Crippen LogP contribution in [0.25, 0.3) is 0 Å². The van der Waals surface area contributed by atoms with E-state index in [-0.39, 0.29) is 0 Å². The van der Waals surface area contributed by atoms with Gasteiger partial charge in [0.1, 0.15) is 0 Å². The zero-order valence-electron chi connectivity index (χ0n) is 12.9. The highest BCUT2D eigenvalue weighted by Gasteiger charge is 2.17. The lowest BCUT2D eigenvalue weighted by Gasteiger charge is -2.26. The monoisotopic (exact) mass is 269 g/mol. The third-order valence-electron chi connectivity index (χ3n) is 4.19. The van der Waals surface area contributed by atoms with E-state index in [1.54, 1.807) is 0 Å². The summed E-state index contributed by atoms with van der Waals surface area (Å²) in [6, 6.07) is 1.20. The molecular formula is C16H35N3. The zero-order chi connectivity index (χ0) is 13.8. The molecule has 0 aliphatic heterocycles. The number of unbranched alkanes of at least 4 members (excludes halogenated alkanes) is 4. The van der Waals surface area contributed by atoms with E-state index in [1.165, 1.54) is 70.8 Å². The summed E-state index contributed by atoms with van der Waals surface area (Å²) in [5.74, 6) is 0. The fraction of sp³-hybridized carbons (Fsp3) is 1.00. The Bertz CT molecular complexity index is 188. The molecule has 0 atom stereocenters. The maximum Gasteiger partial charge on any atom is 0.00682 e. The van der Waals surface area contributed by atoms with Crippen molar-refractivity contribution in [2.45, 2.75) is 83.2 Å². The molecule has 3 heteroatoms. The smallest absolute Gasteiger partial charge is 0.00682 e. The van der Waals surface area contributed by atoms with E-state index in [4.69, 9.17) is 5.73 Å². The van der Waals surface area contributed by atoms with Crippen molar-refractivity contribution in [3.63, 3.8) is 0 Å². The first-order chi connectivity index (χ1) is 9.33. The van der Waals surface area contributed by atoms with Gasteiger partial charge in [-0.05, 0) is 58.2 Å². The van der Waals surface area contributed by atoms with Crippen molar-refractivity contribution >= 4 is 0 Å². The van der Waals surface area contributed by atoms with Gasteiger partial charge in [-0.15, -0.1) is 0 Å². The van der Waals surface area contributed by atoms with Gasteiger partial charge in [-0.25, -0.2) is 0 Å². The van der Waals surface area contributed by atoms with E-state index >= 15 is 0 Å². The van der Waals surface area contributed by atoms with E-state index in [0.717, 1.165) is 19.1 Å². The highest BCUT2D eigenvalue weighted by atomic mass is 14.9. The minimum absolute atomic E-state index is 0.465. The summed E-state index contributed by atoms with van der Waals surface area (Å²) in [4.78, 5) is 0. The number of rotatable bonds is 11. The summed E-state index contributed by atoms with van der Waals surface area (Å²) in [5, 5.41) is 7.21. The molecule has 0 aromatic carbocycles. The zero-order valence-corrected chi connectivity index (χ0v) is 12.9. The molecule has 114 valence electrons. The van der Waals surface area contributed by atoms with Gasteiger partial charge in [0.2, 0.25) is 0 Å². The molecule has 3 nitrogen and oxygen atoms in total. The van der Waals surface area contributed by atoms with Gasteiger partial charge in [0.15, 0.2) is 0 Å². The van der Waals surface area contributed by atoms with Crippen molar-refractivity contribution in [3.05, 3.63) is 0 Å². The fourth-order valence-corrected chi connectivity index (χ4v) is 2.82. The molecule has 0 bridgehead atoms. The molecular weight excluding hydrogens is 234 g/mol. The second kappa shape index (κ2) is 11.7. The van der Waals surface area contributed by atoms with Crippen LogP contribution in [0.3, 0.4) is 0 Å². The van der Waals surface area contributed by atoms with E-state index in [1.807, 2.05) is 0 Å². The molecule has 4 N–H and O–H groups in total. The Labute approximate surface area is 120 Å². The van der Waals surface area contributed by atoms with Gasteiger partial charge in [0.05, 0.1) is 0 Å². The molecule has 0 unspecified atom stereocenters. The average Bonchev–Trinajstić information content (AvgIpc) is 2.43. The van der Waals surface area contributed by atoms with Crippen molar-refractivity contribution in [2.75, 3.05) is 19.6 Å². The topological polar surface area (TPSA) is 50.1 Å². The molecule has 1 rings (SSSR count). The van der Waals surface area contributed by atoms with Crippen molar-refractivity contribution in [1.82, 2.24) is 10.6 Å². The van der Waals surface area contributed by atoms with Gasteiger partial charge in [-0.3, -0.25) is 0 Å². The molecule has 1 saturated carbocycles. The summed E-state index contributed by atoms with van der Waals surface area (Å²) < 4.78 is 0. The van der Waals surface area contributed by atoms with E-state index in [0.29, 0.717) is 6.04 Å². The van der Waals surface area contributed by atoms with Crippen LogP contribution >= 0.6 is 0 Å². The normalized spacial score (nSPS) is 23.7. The van der Waals surface area contributed by atoms with Crippen LogP contribution in [0.15, 0.2) is 0 Å². The lowest BCUT2D eigenvalue weighted by Crippen LogP contribution is -2.38. The van der Waals surface area contributed by atoms with E-state index < -0.39 is 0 Å². The summed E-state index contributed by atoms with van der Waals surface area (Å²) in [5.41, 5.74) is 5.91. The Hall–Kier alpha value is -0.120. The quantitative estimate of drug-likeness (QED) is 0.506. The molecule has 0 aromatic rings. The van der Waals surface area contributed by atoms with E-state index in [2.05, 4.69) is 17.6 Å². The maximum absolute atomic E-state index is 5.91. The standard InChI is InChI=1S/C16H35N3/c1-2-3-4-5-6-12-18-13-7-14-19-16-10-8-15(17)9-11-16/h15-16,18-19H,2-14,17H2,1H3. The molecule has 1 fully saturated rings. The Morgan fingerprint density at radius 1 is 0.842 bits per heavy atom. The van der Waals surface area contributed by atoms with Gasteiger partial charge in [-0.2, -0.15) is 0 Å². The number of hydrogen-bond acceptors (Lipinski definition) is 3. The Kier molecular flexibility index (Phi) is 10.4. The van der Waals surface area contributed by atoms with Crippen LogP contribution in [0.1, 0.15) is 71.1 Å². The van der Waals surface area contributed by atoms with Crippen LogP contribution in [-0.4, -0.2) is 31.7 Å². The van der Waals surface area contributed by atoms with Crippen LogP contribution in [0, 0.1) is 0 Å². The predicted octanol–water partition coefficient (Wildman–Crippen LogP) is 2.80. The average molecular weight is 269 g/mol. The summed E-state index contributed by atoms with van der Waals surface area (Å²) in [7, 11) is 0. The van der Waals surface area contributed by atoms with Crippen LogP contribution in [0.5, 0.6) is 0 Å². The van der Waals surface area contributed by atoms with Gasteiger partial charge in [-0.1, -0.05) is 32.6 Å². The van der Waals surface area contributed by atoms with Crippen LogP contribution in [-0.2, 0) is 0 Å². The SMILES string of the molecule is CCCCCCCNCCCNC1CCC(N)CC1. The third-order valence-corrected chi connectivity index (χ3v) is 4.19. The second-order valence-corrected chi connectivity index (χ2v) is 6.08. The molecule has 0 radical (unpaired) electrons. The first-order valence-electron chi connectivity index (χ1n) is 8.52. The molecule has 0 heterocycles. The molecule has 1 aliphatic rings. The summed E-state index contributed by atoms with van der Waals surface area (Å²) in [6.07, 6.45) is 13.1. The minimum atomic E-state index is 0.465. The number of hydrogen-bond donors (Lipinski definition) is 3. The molecule has 0 saturated heterocycles. The minimum Gasteiger partial charge on any atom is -0.328 e. The Morgan fingerprint density at radius 3 is 2.26 bits per heavy atom. The lowest BCUT2D eigenvalue weighted by atomic mass is 9.92. The van der Waals surface area contributed by atoms with Crippen molar-refractivity contribution < 1.29 is 0 Å². The summed E-state index contributed by atoms with van der Waals surface area (Å²) >= 11 is 0. The van der Waals surface area contributed by atoms with Gasteiger partial charge >= 0.3 is 0 Å². The summed E-state index contributed by atoms with van der Waals surface area (Å²) in [6.45, 7) is 5.78. The lowest BCUT2D eigenvalue weighted by molar-refractivity contribution is 0.341. The molecule has 0 spiro atoms. The highest BCUT2D eigenvalue weighted by Crippen LogP contribution is 2.16. The van der Waals surface area contributed by atoms with Crippen LogP contribution in [0.2, 0.25) is 0 Å². The second-order valence-electron chi connectivity index (χ2n) is 6.08. The predicted molar refractivity (Wildman–Crippen MR) is 84.5 cm³/mol. The van der Waals surface area contributed by atoms with Crippen LogP contribution in [0.4, 0.5) is 0 Å². The number of nitrogens with two attached hydrogens (primary N) is 1. The van der Waals surface area contributed by atoms with Gasteiger partial charge in [0.25, 0.3) is 0 Å². The van der Waals surface area contributed by atoms with Crippen molar-refractivity contribution in [3.8, 4) is 0 Å². The first-order valence-corrected chi connectivity index (χ1v) is 8.52. The largest absolute Gasteiger partial charge is 0.328 e. The highest BCUT2D eigenvalue weighted by molar-refractivity contribution is 4.78. The van der Waals surface area contributed by atoms with Crippen molar-refractivity contribution in [2.24, 2.45) is 5.73 Å². The van der Waals surface area contributed by atoms with Crippen LogP contribution < -0.4 is 16.4 Å². The maximum atomic E-state index is 5.91. The Morgan fingerprint density at radius 2 is 1.53 bits per heavy atom. The number of nitrogens with one attached hydrogen (secondary N) is 2. The molecule has 0 aromatic heterocycles. The van der Waals surface area contributed by atoms with Gasteiger partial charge in [0, 0.05) is 12.1 Å².